The number of methoxy groups -OCH3 is 4. The predicted octanol–water partition coefficient (Wildman–Crippen LogP) is 5.16. The van der Waals surface area contributed by atoms with E-state index in [1.165, 1.54) is 13.2 Å². The highest BCUT2D eigenvalue weighted by atomic mass is 16.5. The molecule has 0 radical (unpaired) electrons. The van der Waals surface area contributed by atoms with E-state index in [4.69, 9.17) is 24.7 Å². The number of anilines is 1. The number of rotatable bonds is 10. The summed E-state index contributed by atoms with van der Waals surface area (Å²) in [4.78, 5) is 12.5. The number of aromatic hydroxyl groups is 1. The zero-order valence-electron chi connectivity index (χ0n) is 20.2. The Bertz CT molecular complexity index is 1240. The van der Waals surface area contributed by atoms with Gasteiger partial charge < -0.3 is 29.8 Å². The van der Waals surface area contributed by atoms with E-state index >= 15 is 0 Å². The van der Waals surface area contributed by atoms with Crippen molar-refractivity contribution in [3.05, 3.63) is 82.9 Å². The fourth-order valence-corrected chi connectivity index (χ4v) is 3.61. The molecule has 3 N–H and O–H groups in total. The van der Waals surface area contributed by atoms with Gasteiger partial charge in [0, 0.05) is 11.3 Å². The Labute approximate surface area is 205 Å². The predicted molar refractivity (Wildman–Crippen MR) is 138 cm³/mol. The molecule has 0 heterocycles. The lowest BCUT2D eigenvalue weighted by atomic mass is 10.0. The quantitative estimate of drug-likeness (QED) is 0.181. The van der Waals surface area contributed by atoms with Gasteiger partial charge in [0.25, 0.3) is 0 Å². The number of ether oxygens (including phenoxy) is 4. The molecule has 0 bridgehead atoms. The van der Waals surface area contributed by atoms with E-state index in [-0.39, 0.29) is 11.5 Å². The lowest BCUT2D eigenvalue weighted by molar-refractivity contribution is 0.104. The van der Waals surface area contributed by atoms with Crippen molar-refractivity contribution in [1.82, 2.24) is 0 Å². The Hall–Kier alpha value is -4.39. The topological polar surface area (TPSA) is 100 Å². The number of benzene rings is 3. The van der Waals surface area contributed by atoms with Crippen LogP contribution >= 0.6 is 0 Å². The lowest BCUT2D eigenvalue weighted by Crippen LogP contribution is -2.00. The highest BCUT2D eigenvalue weighted by Crippen LogP contribution is 2.39. The zero-order chi connectivity index (χ0) is 25.4. The molecule has 182 valence electrons. The molecule has 0 amide bonds. The molecule has 7 heteroatoms. The van der Waals surface area contributed by atoms with Crippen LogP contribution in [0.5, 0.6) is 28.7 Å². The van der Waals surface area contributed by atoms with E-state index in [9.17, 15) is 9.90 Å². The van der Waals surface area contributed by atoms with Crippen LogP contribution in [0.25, 0.3) is 12.2 Å². The number of para-hydroxylation sites is 1. The molecule has 0 aromatic heterocycles. The molecule has 0 saturated heterocycles. The summed E-state index contributed by atoms with van der Waals surface area (Å²) in [5, 5.41) is 10.3. The van der Waals surface area contributed by atoms with Gasteiger partial charge in [0.15, 0.2) is 28.8 Å². The summed E-state index contributed by atoms with van der Waals surface area (Å²) < 4.78 is 21.5. The smallest absolute Gasteiger partial charge is 0.203 e. The molecule has 3 aromatic carbocycles. The van der Waals surface area contributed by atoms with Gasteiger partial charge in [0.1, 0.15) is 0 Å². The first kappa shape index (κ1) is 25.2. The summed E-state index contributed by atoms with van der Waals surface area (Å²) in [6.45, 7) is 0. The number of hydrogen-bond donors (Lipinski definition) is 2. The van der Waals surface area contributed by atoms with Gasteiger partial charge in [-0.25, -0.2) is 0 Å². The van der Waals surface area contributed by atoms with Crippen molar-refractivity contribution in [2.75, 3.05) is 34.2 Å². The number of allylic oxidation sites excluding steroid dienone is 2. The minimum absolute atomic E-state index is 0.0120. The minimum Gasteiger partial charge on any atom is -0.504 e. The number of phenols is 1. The first-order chi connectivity index (χ1) is 16.9. The number of nitrogen functional groups attached to an aromatic ring is 1. The highest BCUT2D eigenvalue weighted by Gasteiger charge is 2.13. The third kappa shape index (κ3) is 5.95. The van der Waals surface area contributed by atoms with Gasteiger partial charge in [0.2, 0.25) is 5.75 Å². The maximum absolute atomic E-state index is 12.5. The number of nitrogens with two attached hydrogens (primary N) is 1. The molecular weight excluding hydrogens is 446 g/mol. The second kappa shape index (κ2) is 11.7. The van der Waals surface area contributed by atoms with Gasteiger partial charge in [0.05, 0.1) is 28.4 Å². The van der Waals surface area contributed by atoms with Gasteiger partial charge in [-0.05, 0) is 65.6 Å². The number of phenolic OH excluding ortho intramolecular Hbond substituents is 1. The molecule has 7 nitrogen and oxygen atoms in total. The van der Waals surface area contributed by atoms with Gasteiger partial charge >= 0.3 is 0 Å². The Morgan fingerprint density at radius 1 is 0.886 bits per heavy atom. The summed E-state index contributed by atoms with van der Waals surface area (Å²) in [7, 11) is 6.15. The van der Waals surface area contributed by atoms with E-state index in [2.05, 4.69) is 0 Å². The summed E-state index contributed by atoms with van der Waals surface area (Å²) in [6.07, 6.45) is 7.42. The van der Waals surface area contributed by atoms with Crippen molar-refractivity contribution in [3.63, 3.8) is 0 Å². The maximum Gasteiger partial charge on any atom is 0.203 e. The number of carbonyl (C=O) groups excluding carboxylic acids is 1. The van der Waals surface area contributed by atoms with Crippen LogP contribution in [0.2, 0.25) is 0 Å². The van der Waals surface area contributed by atoms with Crippen molar-refractivity contribution in [3.8, 4) is 28.7 Å². The van der Waals surface area contributed by atoms with Gasteiger partial charge in [-0.3, -0.25) is 4.79 Å². The summed E-state index contributed by atoms with van der Waals surface area (Å²) in [5.74, 6) is 1.75. The molecule has 3 aromatic rings. The molecule has 0 aliphatic carbocycles. The van der Waals surface area contributed by atoms with Crippen LogP contribution in [0.15, 0.2) is 60.7 Å². The molecule has 0 atom stereocenters. The van der Waals surface area contributed by atoms with Crippen LogP contribution in [0.1, 0.15) is 27.0 Å². The summed E-state index contributed by atoms with van der Waals surface area (Å²) >= 11 is 0. The molecule has 35 heavy (non-hydrogen) atoms. The largest absolute Gasteiger partial charge is 0.504 e. The third-order valence-corrected chi connectivity index (χ3v) is 5.42. The molecular formula is C28H29NO6. The van der Waals surface area contributed by atoms with Gasteiger partial charge in [-0.2, -0.15) is 0 Å². The van der Waals surface area contributed by atoms with Gasteiger partial charge in [-0.1, -0.05) is 30.4 Å². The van der Waals surface area contributed by atoms with Crippen molar-refractivity contribution in [2.45, 2.75) is 6.42 Å². The number of hydrogen-bond acceptors (Lipinski definition) is 7. The van der Waals surface area contributed by atoms with E-state index in [1.807, 2.05) is 24.3 Å². The highest BCUT2D eigenvalue weighted by molar-refractivity contribution is 6.08. The monoisotopic (exact) mass is 475 g/mol. The van der Waals surface area contributed by atoms with Gasteiger partial charge in [-0.15, -0.1) is 0 Å². The van der Waals surface area contributed by atoms with Crippen LogP contribution < -0.4 is 24.7 Å². The second-order valence-corrected chi connectivity index (χ2v) is 7.57. The molecule has 0 aliphatic rings. The first-order valence-corrected chi connectivity index (χ1v) is 10.8. The molecule has 0 spiro atoms. The molecule has 3 rings (SSSR count). The zero-order valence-corrected chi connectivity index (χ0v) is 20.2. The maximum atomic E-state index is 12.5. The van der Waals surface area contributed by atoms with Crippen molar-refractivity contribution < 1.29 is 28.8 Å². The minimum atomic E-state index is -0.177. The number of carbonyl (C=O) groups is 1. The van der Waals surface area contributed by atoms with Crippen molar-refractivity contribution >= 4 is 23.6 Å². The third-order valence-electron chi connectivity index (χ3n) is 5.42. The normalized spacial score (nSPS) is 11.1. The Morgan fingerprint density at radius 3 is 2.14 bits per heavy atom. The first-order valence-electron chi connectivity index (χ1n) is 10.8. The lowest BCUT2D eigenvalue weighted by Gasteiger charge is -2.13. The Kier molecular flexibility index (Phi) is 8.40. The van der Waals surface area contributed by atoms with E-state index in [0.717, 1.165) is 16.7 Å². The molecule has 0 fully saturated rings. The van der Waals surface area contributed by atoms with Crippen LogP contribution in [0.4, 0.5) is 5.69 Å². The fourth-order valence-electron chi connectivity index (χ4n) is 3.61. The van der Waals surface area contributed by atoms with Crippen LogP contribution in [0, 0.1) is 0 Å². The SMILES string of the molecule is COc1cc(C/C=C\C(=O)c2ccccc2N)c(/C=C\c2cc(OC)c(OC)c(OC)c2)cc1O. The second-order valence-electron chi connectivity index (χ2n) is 7.57. The van der Waals surface area contributed by atoms with Crippen molar-refractivity contribution in [1.29, 1.82) is 0 Å². The Balaban J connectivity index is 1.92. The fraction of sp³-hybridized carbons (Fsp3) is 0.179. The van der Waals surface area contributed by atoms with Crippen LogP contribution in [-0.2, 0) is 6.42 Å². The van der Waals surface area contributed by atoms with E-state index in [0.29, 0.717) is 40.7 Å². The summed E-state index contributed by atoms with van der Waals surface area (Å²) in [6, 6.07) is 13.9. The van der Waals surface area contributed by atoms with E-state index < -0.39 is 0 Å². The average molecular weight is 476 g/mol. The standard InChI is InChI=1S/C28H29NO6/c1-32-25-17-19(8-7-11-23(30)21-9-5-6-10-22(21)29)20(16-24(25)31)13-12-18-14-26(33-2)28(35-4)27(15-18)34-3/h5-7,9-17,31H,8,29H2,1-4H3/b11-7-,13-12-. The summed E-state index contributed by atoms with van der Waals surface area (Å²) in [5.41, 5.74) is 9.21. The van der Waals surface area contributed by atoms with E-state index in [1.54, 1.807) is 63.8 Å². The molecule has 0 aliphatic heterocycles. The molecule has 0 unspecified atom stereocenters. The number of ketones is 1. The Morgan fingerprint density at radius 2 is 1.54 bits per heavy atom. The molecule has 0 saturated carbocycles. The van der Waals surface area contributed by atoms with Crippen LogP contribution in [-0.4, -0.2) is 39.3 Å². The van der Waals surface area contributed by atoms with Crippen molar-refractivity contribution in [2.24, 2.45) is 0 Å². The van der Waals surface area contributed by atoms with Crippen LogP contribution in [0.3, 0.4) is 0 Å². The average Bonchev–Trinajstić information content (AvgIpc) is 2.87.